The molecule has 1 saturated heterocycles. The van der Waals surface area contributed by atoms with E-state index >= 15 is 0 Å². The van der Waals surface area contributed by atoms with Crippen molar-refractivity contribution in [3.63, 3.8) is 0 Å². The Bertz CT molecular complexity index is 305. The predicted octanol–water partition coefficient (Wildman–Crippen LogP) is 2.13. The molecule has 1 aromatic heterocycles. The molecule has 0 radical (unpaired) electrons. The predicted molar refractivity (Wildman–Crippen MR) is 64.6 cm³/mol. The summed E-state index contributed by atoms with van der Waals surface area (Å²) >= 11 is 0. The highest BCUT2D eigenvalue weighted by Gasteiger charge is 2.15. The van der Waals surface area contributed by atoms with Crippen molar-refractivity contribution in [1.82, 2.24) is 9.55 Å². The molecular weight excluding hydrogens is 202 g/mol. The molecule has 4 heteroatoms. The lowest BCUT2D eigenvalue weighted by Crippen LogP contribution is -2.21. The first-order chi connectivity index (χ1) is 7.90. The summed E-state index contributed by atoms with van der Waals surface area (Å²) in [6, 6.07) is 0. The molecule has 0 unspecified atom stereocenters. The van der Waals surface area contributed by atoms with Gasteiger partial charge in [-0.2, -0.15) is 0 Å². The van der Waals surface area contributed by atoms with Crippen LogP contribution in [0.3, 0.4) is 0 Å². The summed E-state index contributed by atoms with van der Waals surface area (Å²) in [5.74, 6) is 1.75. The van der Waals surface area contributed by atoms with Crippen LogP contribution in [0.15, 0.2) is 12.4 Å². The summed E-state index contributed by atoms with van der Waals surface area (Å²) in [6.45, 7) is 6.05. The Morgan fingerprint density at radius 2 is 2.31 bits per heavy atom. The minimum Gasteiger partial charge on any atom is -0.381 e. The zero-order chi connectivity index (χ0) is 11.2. The van der Waals surface area contributed by atoms with Gasteiger partial charge in [0.15, 0.2) is 0 Å². The maximum Gasteiger partial charge on any atom is 0.202 e. The average molecular weight is 223 g/mol. The SMILES string of the molecule is CCCNc1nccn1CC1CCOCC1. The summed E-state index contributed by atoms with van der Waals surface area (Å²) in [6.07, 6.45) is 7.41. The van der Waals surface area contributed by atoms with Crippen LogP contribution in [-0.4, -0.2) is 29.3 Å². The molecule has 90 valence electrons. The molecule has 16 heavy (non-hydrogen) atoms. The van der Waals surface area contributed by atoms with Gasteiger partial charge in [0.2, 0.25) is 5.95 Å². The second-order valence-corrected chi connectivity index (χ2v) is 4.39. The lowest BCUT2D eigenvalue weighted by molar-refractivity contribution is 0.0614. The van der Waals surface area contributed by atoms with E-state index in [1.54, 1.807) is 0 Å². The van der Waals surface area contributed by atoms with E-state index < -0.39 is 0 Å². The van der Waals surface area contributed by atoms with Crippen LogP contribution in [0.4, 0.5) is 5.95 Å². The van der Waals surface area contributed by atoms with Crippen LogP contribution < -0.4 is 5.32 Å². The van der Waals surface area contributed by atoms with Crippen molar-refractivity contribution in [2.24, 2.45) is 5.92 Å². The number of anilines is 1. The van der Waals surface area contributed by atoms with Crippen LogP contribution in [0.1, 0.15) is 26.2 Å². The van der Waals surface area contributed by atoms with Gasteiger partial charge in [-0.1, -0.05) is 6.92 Å². The van der Waals surface area contributed by atoms with Gasteiger partial charge >= 0.3 is 0 Å². The number of aromatic nitrogens is 2. The first-order valence-corrected chi connectivity index (χ1v) is 6.23. The number of hydrogen-bond donors (Lipinski definition) is 1. The van der Waals surface area contributed by atoms with Gasteiger partial charge in [-0.15, -0.1) is 0 Å². The summed E-state index contributed by atoms with van der Waals surface area (Å²) < 4.78 is 7.60. The van der Waals surface area contributed by atoms with Crippen LogP contribution in [-0.2, 0) is 11.3 Å². The number of rotatable bonds is 5. The van der Waals surface area contributed by atoms with Gasteiger partial charge in [0, 0.05) is 38.7 Å². The summed E-state index contributed by atoms with van der Waals surface area (Å²) in [5, 5.41) is 3.35. The fourth-order valence-corrected chi connectivity index (χ4v) is 2.07. The summed E-state index contributed by atoms with van der Waals surface area (Å²) in [7, 11) is 0. The normalized spacial score (nSPS) is 17.6. The summed E-state index contributed by atoms with van der Waals surface area (Å²) in [4.78, 5) is 4.34. The molecule has 2 rings (SSSR count). The lowest BCUT2D eigenvalue weighted by Gasteiger charge is -2.23. The molecule has 0 aliphatic carbocycles. The van der Waals surface area contributed by atoms with Gasteiger partial charge < -0.3 is 14.6 Å². The molecule has 1 aliphatic rings. The fraction of sp³-hybridized carbons (Fsp3) is 0.750. The Morgan fingerprint density at radius 3 is 3.06 bits per heavy atom. The molecular formula is C12H21N3O. The van der Waals surface area contributed by atoms with Gasteiger partial charge in [-0.3, -0.25) is 0 Å². The minimum absolute atomic E-state index is 0.741. The van der Waals surface area contributed by atoms with Crippen molar-refractivity contribution in [2.45, 2.75) is 32.7 Å². The van der Waals surface area contributed by atoms with Gasteiger partial charge in [-0.05, 0) is 25.2 Å². The number of imidazole rings is 1. The van der Waals surface area contributed by atoms with Gasteiger partial charge in [-0.25, -0.2) is 4.98 Å². The van der Waals surface area contributed by atoms with Crippen molar-refractivity contribution < 1.29 is 4.74 Å². The largest absolute Gasteiger partial charge is 0.381 e. The Labute approximate surface area is 97.0 Å². The highest BCUT2D eigenvalue weighted by molar-refractivity contribution is 5.25. The molecule has 0 aromatic carbocycles. The maximum absolute atomic E-state index is 5.37. The van der Waals surface area contributed by atoms with Gasteiger partial charge in [0.1, 0.15) is 0 Å². The van der Waals surface area contributed by atoms with E-state index in [2.05, 4.69) is 28.0 Å². The number of nitrogens with zero attached hydrogens (tertiary/aromatic N) is 2. The van der Waals surface area contributed by atoms with E-state index in [9.17, 15) is 0 Å². The first kappa shape index (κ1) is 11.5. The Kier molecular flexibility index (Phi) is 4.22. The van der Waals surface area contributed by atoms with Crippen LogP contribution in [0.2, 0.25) is 0 Å². The van der Waals surface area contributed by atoms with Crippen LogP contribution in [0.25, 0.3) is 0 Å². The van der Waals surface area contributed by atoms with E-state index in [0.717, 1.165) is 44.6 Å². The van der Waals surface area contributed by atoms with E-state index in [1.165, 1.54) is 12.8 Å². The van der Waals surface area contributed by atoms with Crippen molar-refractivity contribution in [1.29, 1.82) is 0 Å². The standard InChI is InChI=1S/C12H21N3O/c1-2-5-13-12-14-6-7-15(12)10-11-3-8-16-9-4-11/h6-7,11H,2-5,8-10H2,1H3,(H,13,14). The molecule has 0 atom stereocenters. The smallest absolute Gasteiger partial charge is 0.202 e. The van der Waals surface area contributed by atoms with Crippen LogP contribution in [0.5, 0.6) is 0 Å². The molecule has 1 N–H and O–H groups in total. The Morgan fingerprint density at radius 1 is 1.50 bits per heavy atom. The van der Waals surface area contributed by atoms with Crippen LogP contribution >= 0.6 is 0 Å². The fourth-order valence-electron chi connectivity index (χ4n) is 2.07. The third-order valence-corrected chi connectivity index (χ3v) is 3.04. The lowest BCUT2D eigenvalue weighted by atomic mass is 10.0. The van der Waals surface area contributed by atoms with Gasteiger partial charge in [0.25, 0.3) is 0 Å². The number of nitrogens with one attached hydrogen (secondary N) is 1. The van der Waals surface area contributed by atoms with Crippen molar-refractivity contribution in [2.75, 3.05) is 25.1 Å². The topological polar surface area (TPSA) is 39.1 Å². The van der Waals surface area contributed by atoms with E-state index in [-0.39, 0.29) is 0 Å². The molecule has 0 saturated carbocycles. The van der Waals surface area contributed by atoms with E-state index in [4.69, 9.17) is 4.74 Å². The second-order valence-electron chi connectivity index (χ2n) is 4.39. The second kappa shape index (κ2) is 5.89. The quantitative estimate of drug-likeness (QED) is 0.831. The third kappa shape index (κ3) is 2.98. The molecule has 1 aromatic rings. The molecule has 1 aliphatic heterocycles. The minimum atomic E-state index is 0.741. The monoisotopic (exact) mass is 223 g/mol. The van der Waals surface area contributed by atoms with E-state index in [1.807, 2.05) is 6.20 Å². The van der Waals surface area contributed by atoms with Crippen molar-refractivity contribution >= 4 is 5.95 Å². The Balaban J connectivity index is 1.89. The Hall–Kier alpha value is -1.03. The van der Waals surface area contributed by atoms with Gasteiger partial charge in [0.05, 0.1) is 0 Å². The highest BCUT2D eigenvalue weighted by Crippen LogP contribution is 2.18. The van der Waals surface area contributed by atoms with E-state index in [0.29, 0.717) is 0 Å². The van der Waals surface area contributed by atoms with Crippen LogP contribution in [0, 0.1) is 5.92 Å². The van der Waals surface area contributed by atoms with Crippen molar-refractivity contribution in [3.8, 4) is 0 Å². The zero-order valence-electron chi connectivity index (χ0n) is 9.98. The highest BCUT2D eigenvalue weighted by atomic mass is 16.5. The molecule has 1 fully saturated rings. The average Bonchev–Trinajstić information content (AvgIpc) is 2.75. The molecule has 0 amide bonds. The number of ether oxygens (including phenoxy) is 1. The molecule has 2 heterocycles. The number of hydrogen-bond acceptors (Lipinski definition) is 3. The molecule has 4 nitrogen and oxygen atoms in total. The first-order valence-electron chi connectivity index (χ1n) is 6.23. The third-order valence-electron chi connectivity index (χ3n) is 3.04. The maximum atomic E-state index is 5.37. The van der Waals surface area contributed by atoms with Crippen molar-refractivity contribution in [3.05, 3.63) is 12.4 Å². The molecule has 0 bridgehead atoms. The summed E-state index contributed by atoms with van der Waals surface area (Å²) in [5.41, 5.74) is 0. The molecule has 0 spiro atoms. The zero-order valence-corrected chi connectivity index (χ0v) is 9.98.